The molecule has 1 amide bonds. The van der Waals surface area contributed by atoms with Crippen molar-refractivity contribution in [1.29, 1.82) is 0 Å². The van der Waals surface area contributed by atoms with Gasteiger partial charge in [-0.05, 0) is 71.3 Å². The number of fused-ring (bicyclic) bond motifs is 1. The van der Waals surface area contributed by atoms with E-state index in [4.69, 9.17) is 27.9 Å². The smallest absolute Gasteiger partial charge is 0.269 e. The Morgan fingerprint density at radius 1 is 0.973 bits per heavy atom. The summed E-state index contributed by atoms with van der Waals surface area (Å²) in [5.41, 5.74) is 4.20. The summed E-state index contributed by atoms with van der Waals surface area (Å²) in [6.45, 7) is 2.84. The minimum absolute atomic E-state index is 0.00223. The summed E-state index contributed by atoms with van der Waals surface area (Å²) >= 11 is 12.8. The molecule has 188 valence electrons. The van der Waals surface area contributed by atoms with Gasteiger partial charge in [-0.25, -0.2) is 4.98 Å². The highest BCUT2D eigenvalue weighted by Gasteiger charge is 2.16. The molecule has 8 nitrogen and oxygen atoms in total. The molecule has 1 fully saturated rings. The molecule has 1 aromatic heterocycles. The second-order valence-corrected chi connectivity index (χ2v) is 9.50. The highest BCUT2D eigenvalue weighted by atomic mass is 35.5. The quantitative estimate of drug-likeness (QED) is 0.183. The number of amides is 1. The van der Waals surface area contributed by atoms with Crippen LogP contribution >= 0.6 is 23.2 Å². The van der Waals surface area contributed by atoms with Crippen molar-refractivity contribution in [1.82, 2.24) is 9.88 Å². The molecule has 0 saturated carbocycles. The number of rotatable bonds is 6. The Balaban J connectivity index is 1.55. The number of halogens is 2. The first kappa shape index (κ1) is 25.1. The van der Waals surface area contributed by atoms with Crippen molar-refractivity contribution in [3.8, 4) is 22.3 Å². The van der Waals surface area contributed by atoms with Gasteiger partial charge < -0.3 is 10.1 Å². The molecule has 5 rings (SSSR count). The van der Waals surface area contributed by atoms with Crippen LogP contribution in [0.5, 0.6) is 0 Å². The summed E-state index contributed by atoms with van der Waals surface area (Å²) < 4.78 is 5.36. The number of hydrogen-bond acceptors (Lipinski definition) is 6. The van der Waals surface area contributed by atoms with Crippen LogP contribution in [0.4, 0.5) is 11.4 Å². The lowest BCUT2D eigenvalue weighted by Crippen LogP contribution is -2.41. The van der Waals surface area contributed by atoms with Gasteiger partial charge in [-0.3, -0.25) is 19.8 Å². The Hall–Kier alpha value is -3.56. The van der Waals surface area contributed by atoms with Gasteiger partial charge in [-0.1, -0.05) is 23.2 Å². The van der Waals surface area contributed by atoms with E-state index in [1.807, 2.05) is 35.2 Å². The first-order valence-corrected chi connectivity index (χ1v) is 12.4. The summed E-state index contributed by atoms with van der Waals surface area (Å²) in [6.07, 6.45) is 0. The van der Waals surface area contributed by atoms with E-state index < -0.39 is 4.92 Å². The fourth-order valence-corrected chi connectivity index (χ4v) is 4.72. The molecule has 37 heavy (non-hydrogen) atoms. The molecular formula is C27H22Cl2N4O4. The molecule has 0 aliphatic carbocycles. The van der Waals surface area contributed by atoms with Crippen LogP contribution in [0.25, 0.3) is 33.2 Å². The lowest BCUT2D eigenvalue weighted by atomic mass is 9.97. The topological polar surface area (TPSA) is 97.6 Å². The molecule has 1 aliphatic rings. The van der Waals surface area contributed by atoms with Gasteiger partial charge >= 0.3 is 0 Å². The molecule has 4 aromatic rings. The van der Waals surface area contributed by atoms with E-state index in [1.54, 1.807) is 24.3 Å². The van der Waals surface area contributed by atoms with E-state index in [-0.39, 0.29) is 18.1 Å². The van der Waals surface area contributed by atoms with Gasteiger partial charge in [0.25, 0.3) is 5.69 Å². The number of ether oxygens (including phenoxy) is 1. The summed E-state index contributed by atoms with van der Waals surface area (Å²) in [6, 6.07) is 19.1. The summed E-state index contributed by atoms with van der Waals surface area (Å²) in [5.74, 6) is -0.150. The summed E-state index contributed by atoms with van der Waals surface area (Å²) in [4.78, 5) is 30.1. The summed E-state index contributed by atoms with van der Waals surface area (Å²) in [5, 5.41) is 15.8. The molecule has 1 N–H and O–H groups in total. The number of carbonyl (C=O) groups excluding carboxylic acids is 1. The number of nitro benzene ring substituents is 1. The van der Waals surface area contributed by atoms with Gasteiger partial charge in [-0.2, -0.15) is 0 Å². The number of nitrogens with one attached hydrogen (secondary N) is 1. The monoisotopic (exact) mass is 536 g/mol. The molecule has 0 unspecified atom stereocenters. The SMILES string of the molecule is O=C(CN1CCOCC1)Nc1cc(-c2ccc([N+](=O)[O-])cc2)cc(-c2cc3cc(Cl)ccc3nc2Cl)c1. The van der Waals surface area contributed by atoms with Crippen molar-refractivity contribution in [3.05, 3.63) is 87.0 Å². The molecule has 3 aromatic carbocycles. The van der Waals surface area contributed by atoms with Crippen molar-refractivity contribution in [2.45, 2.75) is 0 Å². The standard InChI is InChI=1S/C27H22Cl2N4O4/c28-21-3-6-25-20(12-21)15-24(27(29)31-25)19-11-18(17-1-4-23(5-2-17)33(35)36)13-22(14-19)30-26(34)16-32-7-9-37-10-8-32/h1-6,11-15H,7-10,16H2,(H,30,34). The summed E-state index contributed by atoms with van der Waals surface area (Å²) in [7, 11) is 0. The van der Waals surface area contributed by atoms with E-state index in [9.17, 15) is 14.9 Å². The zero-order valence-electron chi connectivity index (χ0n) is 19.6. The van der Waals surface area contributed by atoms with Crippen LogP contribution in [0.15, 0.2) is 66.7 Å². The number of carbonyl (C=O) groups is 1. The van der Waals surface area contributed by atoms with Crippen molar-refractivity contribution >= 4 is 51.4 Å². The number of aromatic nitrogens is 1. The molecule has 0 spiro atoms. The second-order valence-electron chi connectivity index (χ2n) is 8.70. The van der Waals surface area contributed by atoms with Crippen LogP contribution in [0.3, 0.4) is 0 Å². The molecule has 0 bridgehead atoms. The Morgan fingerprint density at radius 3 is 2.43 bits per heavy atom. The minimum Gasteiger partial charge on any atom is -0.379 e. The van der Waals surface area contributed by atoms with Crippen LogP contribution in [0.1, 0.15) is 0 Å². The maximum Gasteiger partial charge on any atom is 0.269 e. The van der Waals surface area contributed by atoms with Gasteiger partial charge in [0.2, 0.25) is 5.91 Å². The number of non-ortho nitro benzene ring substituents is 1. The predicted molar refractivity (Wildman–Crippen MR) is 145 cm³/mol. The van der Waals surface area contributed by atoms with Crippen LogP contribution in [-0.4, -0.2) is 53.6 Å². The molecule has 0 radical (unpaired) electrons. The Bertz CT molecular complexity index is 1490. The maximum atomic E-state index is 12.9. The van der Waals surface area contributed by atoms with E-state index in [1.165, 1.54) is 12.1 Å². The van der Waals surface area contributed by atoms with E-state index in [2.05, 4.69) is 10.3 Å². The van der Waals surface area contributed by atoms with Crippen LogP contribution < -0.4 is 5.32 Å². The van der Waals surface area contributed by atoms with Crippen LogP contribution in [0, 0.1) is 10.1 Å². The number of anilines is 1. The first-order chi connectivity index (χ1) is 17.9. The van der Waals surface area contributed by atoms with Crippen molar-refractivity contribution < 1.29 is 14.5 Å². The lowest BCUT2D eigenvalue weighted by molar-refractivity contribution is -0.384. The van der Waals surface area contributed by atoms with Crippen molar-refractivity contribution in [3.63, 3.8) is 0 Å². The van der Waals surface area contributed by atoms with E-state index >= 15 is 0 Å². The molecule has 1 saturated heterocycles. The van der Waals surface area contributed by atoms with Gasteiger partial charge in [0, 0.05) is 46.9 Å². The van der Waals surface area contributed by atoms with E-state index in [0.717, 1.165) is 22.1 Å². The molecule has 10 heteroatoms. The Kier molecular flexibility index (Phi) is 7.34. The second kappa shape index (κ2) is 10.8. The van der Waals surface area contributed by atoms with Crippen molar-refractivity contribution in [2.24, 2.45) is 0 Å². The van der Waals surface area contributed by atoms with Crippen molar-refractivity contribution in [2.75, 3.05) is 38.2 Å². The number of nitro groups is 1. The third-order valence-electron chi connectivity index (χ3n) is 6.14. The fourth-order valence-electron chi connectivity index (χ4n) is 4.29. The van der Waals surface area contributed by atoms with Gasteiger partial charge in [0.1, 0.15) is 5.15 Å². The first-order valence-electron chi connectivity index (χ1n) is 11.6. The predicted octanol–water partition coefficient (Wildman–Crippen LogP) is 6.05. The number of nitrogens with zero attached hydrogens (tertiary/aromatic N) is 3. The molecular weight excluding hydrogens is 515 g/mol. The Labute approximate surface area is 222 Å². The van der Waals surface area contributed by atoms with Gasteiger partial charge in [0.15, 0.2) is 0 Å². The number of morpholine rings is 1. The minimum atomic E-state index is -0.441. The number of pyridine rings is 1. The van der Waals surface area contributed by atoms with Gasteiger partial charge in [0.05, 0.1) is 30.2 Å². The largest absolute Gasteiger partial charge is 0.379 e. The number of benzene rings is 3. The van der Waals surface area contributed by atoms with Crippen LogP contribution in [0.2, 0.25) is 10.2 Å². The highest BCUT2D eigenvalue weighted by molar-refractivity contribution is 6.33. The average Bonchev–Trinajstić information content (AvgIpc) is 2.89. The fraction of sp³-hybridized carbons (Fsp3) is 0.185. The number of hydrogen-bond donors (Lipinski definition) is 1. The maximum absolute atomic E-state index is 12.9. The molecule has 1 aliphatic heterocycles. The lowest BCUT2D eigenvalue weighted by Gasteiger charge is -2.25. The third kappa shape index (κ3) is 5.89. The molecule has 0 atom stereocenters. The third-order valence-corrected chi connectivity index (χ3v) is 6.66. The van der Waals surface area contributed by atoms with E-state index in [0.29, 0.717) is 53.2 Å². The zero-order chi connectivity index (χ0) is 25.9. The molecule has 2 heterocycles. The zero-order valence-corrected chi connectivity index (χ0v) is 21.1. The normalized spacial score (nSPS) is 14.0. The van der Waals surface area contributed by atoms with Gasteiger partial charge in [-0.15, -0.1) is 0 Å². The average molecular weight is 537 g/mol. The Morgan fingerprint density at radius 2 is 1.70 bits per heavy atom. The highest BCUT2D eigenvalue weighted by Crippen LogP contribution is 2.36. The van der Waals surface area contributed by atoms with Crippen LogP contribution in [-0.2, 0) is 9.53 Å².